The van der Waals surface area contributed by atoms with E-state index < -0.39 is 0 Å². The van der Waals surface area contributed by atoms with E-state index in [1.54, 1.807) is 12.1 Å². The van der Waals surface area contributed by atoms with Gasteiger partial charge in [-0.15, -0.1) is 0 Å². The molecule has 2 nitrogen and oxygen atoms in total. The molecule has 0 aliphatic rings. The minimum atomic E-state index is -0.286. The molecular formula is C18H30FNO. The summed E-state index contributed by atoms with van der Waals surface area (Å²) in [6, 6.07) is 5.26. The third-order valence-corrected chi connectivity index (χ3v) is 3.80. The number of hydrogen-bond donors (Lipinski definition) is 1. The first kappa shape index (κ1) is 18.0. The first-order chi connectivity index (χ1) is 9.53. The minimum Gasteiger partial charge on any atom is -0.494 e. The second kappa shape index (κ2) is 6.78. The summed E-state index contributed by atoms with van der Waals surface area (Å²) < 4.78 is 18.8. The van der Waals surface area contributed by atoms with Crippen LogP contribution in [0.1, 0.15) is 47.1 Å². The topological polar surface area (TPSA) is 21.3 Å². The Morgan fingerprint density at radius 1 is 1.14 bits per heavy atom. The van der Waals surface area contributed by atoms with Crippen molar-refractivity contribution in [1.29, 1.82) is 0 Å². The summed E-state index contributed by atoms with van der Waals surface area (Å²) in [5, 5.41) is 3.57. The molecule has 0 fully saturated rings. The molecule has 1 N–H and O–H groups in total. The number of nitrogens with one attached hydrogen (secondary N) is 1. The fraction of sp³-hybridized carbons (Fsp3) is 0.667. The molecule has 1 aromatic carbocycles. The van der Waals surface area contributed by atoms with Crippen molar-refractivity contribution in [3.63, 3.8) is 0 Å². The lowest BCUT2D eigenvalue weighted by atomic mass is 9.77. The first-order valence-corrected chi connectivity index (χ1v) is 7.60. The molecule has 120 valence electrons. The molecular weight excluding hydrogens is 265 g/mol. The number of benzene rings is 1. The fourth-order valence-corrected chi connectivity index (χ4v) is 2.24. The summed E-state index contributed by atoms with van der Waals surface area (Å²) in [7, 11) is 1.49. The van der Waals surface area contributed by atoms with Gasteiger partial charge in [0.25, 0.3) is 0 Å². The van der Waals surface area contributed by atoms with E-state index in [1.165, 1.54) is 7.11 Å². The van der Waals surface area contributed by atoms with E-state index in [1.807, 2.05) is 6.07 Å². The van der Waals surface area contributed by atoms with Crippen molar-refractivity contribution in [2.24, 2.45) is 11.3 Å². The van der Waals surface area contributed by atoms with E-state index in [0.717, 1.165) is 18.5 Å². The summed E-state index contributed by atoms with van der Waals surface area (Å²) in [5.74, 6) is 0.454. The Morgan fingerprint density at radius 3 is 2.19 bits per heavy atom. The smallest absolute Gasteiger partial charge is 0.165 e. The van der Waals surface area contributed by atoms with Gasteiger partial charge in [-0.1, -0.05) is 26.8 Å². The molecule has 0 radical (unpaired) electrons. The zero-order valence-electron chi connectivity index (χ0n) is 14.5. The quantitative estimate of drug-likeness (QED) is 0.868. The highest BCUT2D eigenvalue weighted by molar-refractivity contribution is 5.29. The van der Waals surface area contributed by atoms with E-state index in [9.17, 15) is 4.39 Å². The monoisotopic (exact) mass is 295 g/mol. The largest absolute Gasteiger partial charge is 0.494 e. The van der Waals surface area contributed by atoms with Crippen molar-refractivity contribution >= 4 is 0 Å². The number of rotatable bonds is 5. The molecule has 0 heterocycles. The fourth-order valence-electron chi connectivity index (χ4n) is 2.24. The summed E-state index contributed by atoms with van der Waals surface area (Å²) in [6.45, 7) is 14.1. The van der Waals surface area contributed by atoms with Gasteiger partial charge < -0.3 is 10.1 Å². The van der Waals surface area contributed by atoms with Crippen molar-refractivity contribution in [2.75, 3.05) is 13.7 Å². The molecule has 0 bridgehead atoms. The van der Waals surface area contributed by atoms with E-state index in [4.69, 9.17) is 4.74 Å². The van der Waals surface area contributed by atoms with Gasteiger partial charge in [0.1, 0.15) is 0 Å². The van der Waals surface area contributed by atoms with Gasteiger partial charge in [0.05, 0.1) is 7.11 Å². The van der Waals surface area contributed by atoms with E-state index in [2.05, 4.69) is 46.9 Å². The van der Waals surface area contributed by atoms with Gasteiger partial charge in [-0.2, -0.15) is 0 Å². The van der Waals surface area contributed by atoms with Crippen LogP contribution in [0, 0.1) is 17.2 Å². The number of methoxy groups -OCH3 is 1. The van der Waals surface area contributed by atoms with Gasteiger partial charge in [-0.3, -0.25) is 0 Å². The average Bonchev–Trinajstić information content (AvgIpc) is 2.32. The van der Waals surface area contributed by atoms with Crippen LogP contribution >= 0.6 is 0 Å². The number of halogens is 1. The standard InChI is InChI=1S/C18H30FNO/c1-17(2,3)14(12-20-18(4,5)6)10-13-8-9-16(21-7)15(19)11-13/h8-9,11,14,20H,10,12H2,1-7H3. The Labute approximate surface area is 129 Å². The Balaban J connectivity index is 2.84. The van der Waals surface area contributed by atoms with Crippen LogP contribution in [0.3, 0.4) is 0 Å². The Hall–Kier alpha value is -1.09. The number of hydrogen-bond acceptors (Lipinski definition) is 2. The zero-order chi connectivity index (χ0) is 16.3. The molecule has 1 rings (SSSR count). The van der Waals surface area contributed by atoms with Crippen LogP contribution in [0.25, 0.3) is 0 Å². The van der Waals surface area contributed by atoms with Crippen LogP contribution in [0.4, 0.5) is 4.39 Å². The molecule has 0 saturated heterocycles. The molecule has 0 spiro atoms. The van der Waals surface area contributed by atoms with Crippen molar-refractivity contribution in [3.05, 3.63) is 29.6 Å². The highest BCUT2D eigenvalue weighted by atomic mass is 19.1. The summed E-state index contributed by atoms with van der Waals surface area (Å²) in [5.41, 5.74) is 1.27. The molecule has 21 heavy (non-hydrogen) atoms. The van der Waals surface area contributed by atoms with Crippen LogP contribution in [-0.2, 0) is 6.42 Å². The lowest BCUT2D eigenvalue weighted by Gasteiger charge is -2.34. The van der Waals surface area contributed by atoms with Crippen LogP contribution in [0.15, 0.2) is 18.2 Å². The van der Waals surface area contributed by atoms with Crippen molar-refractivity contribution in [3.8, 4) is 5.75 Å². The summed E-state index contributed by atoms with van der Waals surface area (Å²) in [4.78, 5) is 0. The second-order valence-corrected chi connectivity index (χ2v) is 7.87. The van der Waals surface area contributed by atoms with Gasteiger partial charge in [-0.05, 0) is 62.8 Å². The third-order valence-electron chi connectivity index (χ3n) is 3.80. The van der Waals surface area contributed by atoms with Crippen molar-refractivity contribution in [1.82, 2.24) is 5.32 Å². The van der Waals surface area contributed by atoms with Gasteiger partial charge in [0.2, 0.25) is 0 Å². The lowest BCUT2D eigenvalue weighted by molar-refractivity contribution is 0.214. The predicted octanol–water partition coefficient (Wildman–Crippen LogP) is 4.43. The molecule has 0 aromatic heterocycles. The molecule has 1 atom stereocenters. The maximum atomic E-state index is 13.8. The molecule has 0 saturated carbocycles. The van der Waals surface area contributed by atoms with E-state index in [0.29, 0.717) is 11.7 Å². The maximum Gasteiger partial charge on any atom is 0.165 e. The van der Waals surface area contributed by atoms with Gasteiger partial charge in [0.15, 0.2) is 11.6 Å². The molecule has 3 heteroatoms. The van der Waals surface area contributed by atoms with Gasteiger partial charge in [-0.25, -0.2) is 4.39 Å². The van der Waals surface area contributed by atoms with Crippen molar-refractivity contribution < 1.29 is 9.13 Å². The first-order valence-electron chi connectivity index (χ1n) is 7.60. The summed E-state index contributed by atoms with van der Waals surface area (Å²) in [6.07, 6.45) is 0.855. The van der Waals surface area contributed by atoms with E-state index >= 15 is 0 Å². The SMILES string of the molecule is COc1ccc(CC(CNC(C)(C)C)C(C)(C)C)cc1F. The minimum absolute atomic E-state index is 0.0919. The van der Waals surface area contributed by atoms with Crippen LogP contribution in [-0.4, -0.2) is 19.2 Å². The Bertz CT molecular complexity index is 457. The van der Waals surface area contributed by atoms with Gasteiger partial charge >= 0.3 is 0 Å². The number of ether oxygens (including phenoxy) is 1. The third kappa shape index (κ3) is 6.04. The molecule has 0 aliphatic carbocycles. The van der Waals surface area contributed by atoms with Crippen LogP contribution in [0.5, 0.6) is 5.75 Å². The Morgan fingerprint density at radius 2 is 1.76 bits per heavy atom. The second-order valence-electron chi connectivity index (χ2n) is 7.87. The predicted molar refractivity (Wildman–Crippen MR) is 87.4 cm³/mol. The van der Waals surface area contributed by atoms with E-state index in [-0.39, 0.29) is 16.8 Å². The summed E-state index contributed by atoms with van der Waals surface area (Å²) >= 11 is 0. The molecule has 1 aromatic rings. The molecule has 1 unspecified atom stereocenters. The maximum absolute atomic E-state index is 13.8. The highest BCUT2D eigenvalue weighted by Crippen LogP contribution is 2.30. The van der Waals surface area contributed by atoms with Crippen molar-refractivity contribution in [2.45, 2.75) is 53.5 Å². The average molecular weight is 295 g/mol. The van der Waals surface area contributed by atoms with Gasteiger partial charge in [0, 0.05) is 5.54 Å². The lowest BCUT2D eigenvalue weighted by Crippen LogP contribution is -2.42. The highest BCUT2D eigenvalue weighted by Gasteiger charge is 2.26. The van der Waals surface area contributed by atoms with Crippen LogP contribution in [0.2, 0.25) is 0 Å². The normalized spacial score (nSPS) is 14.1. The molecule has 0 aliphatic heterocycles. The molecule has 0 amide bonds. The zero-order valence-corrected chi connectivity index (χ0v) is 14.5. The Kier molecular flexibility index (Phi) is 5.80. The van der Waals surface area contributed by atoms with Crippen LogP contribution < -0.4 is 10.1 Å².